The molecule has 0 radical (unpaired) electrons. The summed E-state index contributed by atoms with van der Waals surface area (Å²) in [5.74, 6) is -1.56. The van der Waals surface area contributed by atoms with Gasteiger partial charge in [-0.3, -0.25) is 9.59 Å². The van der Waals surface area contributed by atoms with Gasteiger partial charge in [0.25, 0.3) is 0 Å². The van der Waals surface area contributed by atoms with Crippen LogP contribution in [0.4, 0.5) is 4.79 Å². The van der Waals surface area contributed by atoms with E-state index in [1.54, 1.807) is 20.8 Å². The van der Waals surface area contributed by atoms with E-state index in [0.717, 1.165) is 27.8 Å². The number of carbonyl (C=O) groups is 4. The molecule has 3 aromatic rings. The van der Waals surface area contributed by atoms with Crippen LogP contribution in [0.3, 0.4) is 0 Å². The van der Waals surface area contributed by atoms with Crippen molar-refractivity contribution in [3.05, 3.63) is 95.6 Å². The highest BCUT2D eigenvalue weighted by atomic mass is 32.2. The van der Waals surface area contributed by atoms with Crippen molar-refractivity contribution in [1.29, 1.82) is 0 Å². The number of carbonyl (C=O) groups excluding carboxylic acids is 4. The Morgan fingerprint density at radius 2 is 1.27 bits per heavy atom. The third-order valence-corrected chi connectivity index (χ3v) is 9.04. The SMILES string of the molecule is C[C@H](NC(=O)[C@H](Cc1ccccc1)NC(=O)[C@@H](CSC(C)(C)C)NC(=O)OCC1c2ccccc2-c2ccccc21)C(=O)OC(C)(C)C. The number of nitrogens with one attached hydrogen (secondary N) is 3. The molecule has 1 aliphatic rings. The highest BCUT2D eigenvalue weighted by Crippen LogP contribution is 2.44. The zero-order chi connectivity index (χ0) is 35.1. The predicted octanol–water partition coefficient (Wildman–Crippen LogP) is 6.00. The molecular formula is C38H47N3O6S. The smallest absolute Gasteiger partial charge is 0.407 e. The molecule has 10 heteroatoms. The maximum atomic E-state index is 13.8. The van der Waals surface area contributed by atoms with Crippen molar-refractivity contribution < 1.29 is 28.7 Å². The number of amides is 3. The fraction of sp³-hybridized carbons (Fsp3) is 0.421. The van der Waals surface area contributed by atoms with Crippen LogP contribution in [0, 0.1) is 0 Å². The Morgan fingerprint density at radius 1 is 0.729 bits per heavy atom. The Labute approximate surface area is 287 Å². The normalized spacial score (nSPS) is 14.5. The van der Waals surface area contributed by atoms with Crippen LogP contribution >= 0.6 is 11.8 Å². The Bertz CT molecular complexity index is 1550. The van der Waals surface area contributed by atoms with Crippen LogP contribution in [-0.2, 0) is 30.3 Å². The fourth-order valence-corrected chi connectivity index (χ4v) is 6.29. The van der Waals surface area contributed by atoms with Gasteiger partial charge in [-0.25, -0.2) is 9.59 Å². The Balaban J connectivity index is 1.48. The van der Waals surface area contributed by atoms with Gasteiger partial charge in [0, 0.05) is 22.8 Å². The predicted molar refractivity (Wildman–Crippen MR) is 190 cm³/mol. The molecule has 48 heavy (non-hydrogen) atoms. The lowest BCUT2D eigenvalue weighted by molar-refractivity contribution is -0.158. The Hall–Kier alpha value is -4.31. The van der Waals surface area contributed by atoms with Gasteiger partial charge in [0.1, 0.15) is 30.3 Å². The van der Waals surface area contributed by atoms with E-state index in [9.17, 15) is 19.2 Å². The van der Waals surface area contributed by atoms with E-state index in [1.807, 2.05) is 87.5 Å². The van der Waals surface area contributed by atoms with Gasteiger partial charge in [-0.1, -0.05) is 99.6 Å². The van der Waals surface area contributed by atoms with Gasteiger partial charge in [-0.2, -0.15) is 11.8 Å². The first-order valence-electron chi connectivity index (χ1n) is 16.2. The molecule has 256 valence electrons. The second-order valence-corrected chi connectivity index (χ2v) is 15.8. The molecule has 0 fully saturated rings. The van der Waals surface area contributed by atoms with Crippen LogP contribution in [0.1, 0.15) is 71.1 Å². The number of rotatable bonds is 12. The summed E-state index contributed by atoms with van der Waals surface area (Å²) in [6, 6.07) is 22.4. The van der Waals surface area contributed by atoms with E-state index in [1.165, 1.54) is 18.7 Å². The zero-order valence-electron chi connectivity index (χ0n) is 28.8. The molecule has 3 atom stereocenters. The monoisotopic (exact) mass is 673 g/mol. The summed E-state index contributed by atoms with van der Waals surface area (Å²) in [7, 11) is 0. The van der Waals surface area contributed by atoms with Gasteiger partial charge in [-0.05, 0) is 55.5 Å². The summed E-state index contributed by atoms with van der Waals surface area (Å²) < 4.78 is 11.0. The van der Waals surface area contributed by atoms with Gasteiger partial charge in [-0.15, -0.1) is 0 Å². The molecule has 0 saturated carbocycles. The van der Waals surface area contributed by atoms with E-state index in [-0.39, 0.29) is 29.4 Å². The number of fused-ring (bicyclic) bond motifs is 3. The van der Waals surface area contributed by atoms with Crippen molar-refractivity contribution in [2.45, 2.75) is 89.3 Å². The van der Waals surface area contributed by atoms with Crippen molar-refractivity contribution in [3.8, 4) is 11.1 Å². The maximum absolute atomic E-state index is 13.8. The first-order valence-corrected chi connectivity index (χ1v) is 17.2. The number of thioether (sulfide) groups is 1. The van der Waals surface area contributed by atoms with Gasteiger partial charge in [0.2, 0.25) is 11.8 Å². The van der Waals surface area contributed by atoms with Gasteiger partial charge in [0.05, 0.1) is 0 Å². The van der Waals surface area contributed by atoms with Crippen LogP contribution < -0.4 is 16.0 Å². The molecule has 4 rings (SSSR count). The summed E-state index contributed by atoms with van der Waals surface area (Å²) in [6.45, 7) is 12.9. The Kier molecular flexibility index (Phi) is 12.0. The standard InChI is InChI=1S/C38H47N3O6S/c1-24(35(44)47-37(2,3)4)39-33(42)31(21-25-15-9-8-10-16-25)40-34(43)32(23-48-38(5,6)7)41-36(45)46-22-30-28-19-13-11-17-26(28)27-18-12-14-20-29(27)30/h8-20,24,30-32H,21-23H2,1-7H3,(H,39,42)(H,40,43)(H,41,45)/t24-,31-,32+/m0/s1. The molecule has 0 spiro atoms. The average Bonchev–Trinajstić information content (AvgIpc) is 3.34. The number of ether oxygens (including phenoxy) is 2. The molecule has 3 aromatic carbocycles. The number of alkyl carbamates (subject to hydrolysis) is 1. The Morgan fingerprint density at radius 3 is 1.83 bits per heavy atom. The summed E-state index contributed by atoms with van der Waals surface area (Å²) in [4.78, 5) is 53.2. The molecule has 3 N–H and O–H groups in total. The summed E-state index contributed by atoms with van der Waals surface area (Å²) >= 11 is 1.50. The van der Waals surface area contributed by atoms with Crippen LogP contribution in [0.5, 0.6) is 0 Å². The van der Waals surface area contributed by atoms with Crippen molar-refractivity contribution in [2.75, 3.05) is 12.4 Å². The van der Waals surface area contributed by atoms with Crippen LogP contribution in [0.2, 0.25) is 0 Å². The van der Waals surface area contributed by atoms with E-state index in [2.05, 4.69) is 28.1 Å². The topological polar surface area (TPSA) is 123 Å². The number of hydrogen-bond acceptors (Lipinski definition) is 7. The second-order valence-electron chi connectivity index (χ2n) is 14.0. The highest BCUT2D eigenvalue weighted by molar-refractivity contribution is 8.00. The molecule has 1 aliphatic carbocycles. The maximum Gasteiger partial charge on any atom is 0.407 e. The van der Waals surface area contributed by atoms with Crippen molar-refractivity contribution in [2.24, 2.45) is 0 Å². The van der Waals surface area contributed by atoms with Crippen molar-refractivity contribution in [3.63, 3.8) is 0 Å². The minimum absolute atomic E-state index is 0.0994. The molecule has 9 nitrogen and oxygen atoms in total. The second kappa shape index (κ2) is 15.7. The summed E-state index contributed by atoms with van der Waals surface area (Å²) in [6.07, 6.45) is -0.557. The molecule has 0 bridgehead atoms. The molecule has 0 unspecified atom stereocenters. The molecule has 0 aromatic heterocycles. The first-order chi connectivity index (χ1) is 22.6. The van der Waals surface area contributed by atoms with E-state index in [0.29, 0.717) is 0 Å². The highest BCUT2D eigenvalue weighted by Gasteiger charge is 2.33. The van der Waals surface area contributed by atoms with Crippen molar-refractivity contribution in [1.82, 2.24) is 16.0 Å². The minimum Gasteiger partial charge on any atom is -0.458 e. The minimum atomic E-state index is -1.03. The van der Waals surface area contributed by atoms with E-state index in [4.69, 9.17) is 9.47 Å². The third-order valence-electron chi connectivity index (χ3n) is 7.67. The van der Waals surface area contributed by atoms with Gasteiger partial charge in [0.15, 0.2) is 0 Å². The molecule has 0 aliphatic heterocycles. The van der Waals surface area contributed by atoms with Crippen LogP contribution in [-0.4, -0.2) is 64.7 Å². The zero-order valence-corrected chi connectivity index (χ0v) is 29.6. The molecular weight excluding hydrogens is 627 g/mol. The number of hydrogen-bond donors (Lipinski definition) is 3. The number of benzene rings is 3. The first kappa shape index (κ1) is 36.5. The van der Waals surface area contributed by atoms with Crippen LogP contribution in [0.25, 0.3) is 11.1 Å². The largest absolute Gasteiger partial charge is 0.458 e. The quantitative estimate of drug-likeness (QED) is 0.202. The lowest BCUT2D eigenvalue weighted by atomic mass is 9.98. The van der Waals surface area contributed by atoms with Gasteiger partial charge >= 0.3 is 12.1 Å². The lowest BCUT2D eigenvalue weighted by Crippen LogP contribution is -2.57. The average molecular weight is 674 g/mol. The van der Waals surface area contributed by atoms with Gasteiger partial charge < -0.3 is 25.4 Å². The molecule has 3 amide bonds. The molecule has 0 saturated heterocycles. The number of esters is 1. The summed E-state index contributed by atoms with van der Waals surface area (Å²) in [5.41, 5.74) is 4.48. The van der Waals surface area contributed by atoms with Crippen LogP contribution in [0.15, 0.2) is 78.9 Å². The van der Waals surface area contributed by atoms with E-state index < -0.39 is 47.6 Å². The lowest BCUT2D eigenvalue weighted by Gasteiger charge is -2.27. The van der Waals surface area contributed by atoms with Crippen molar-refractivity contribution >= 4 is 35.6 Å². The molecule has 0 heterocycles. The van der Waals surface area contributed by atoms with E-state index >= 15 is 0 Å². The summed E-state index contributed by atoms with van der Waals surface area (Å²) in [5, 5.41) is 8.28. The fourth-order valence-electron chi connectivity index (χ4n) is 5.39. The third kappa shape index (κ3) is 10.3.